The van der Waals surface area contributed by atoms with Crippen LogP contribution >= 0.6 is 15.9 Å². The maximum atomic E-state index is 9.66. The van der Waals surface area contributed by atoms with Crippen molar-refractivity contribution in [2.24, 2.45) is 0 Å². The zero-order chi connectivity index (χ0) is 13.0. The summed E-state index contributed by atoms with van der Waals surface area (Å²) in [5.74, 6) is 0.814. The summed E-state index contributed by atoms with van der Waals surface area (Å²) in [6, 6.07) is 10.9. The summed E-state index contributed by atoms with van der Waals surface area (Å²) >= 11 is 3.31. The van der Waals surface area contributed by atoms with Crippen molar-refractivity contribution in [3.05, 3.63) is 46.6 Å². The number of phenols is 1. The third-order valence-electron chi connectivity index (χ3n) is 2.45. The molecular weight excluding hydrogens is 296 g/mol. The first kappa shape index (κ1) is 12.7. The van der Waals surface area contributed by atoms with Gasteiger partial charge in [-0.15, -0.1) is 0 Å². The van der Waals surface area contributed by atoms with Gasteiger partial charge in [0.1, 0.15) is 10.4 Å². The molecular formula is C13H13BrN2O2. The van der Waals surface area contributed by atoms with Gasteiger partial charge < -0.3 is 15.2 Å². The molecule has 1 heterocycles. The fraction of sp³-hybridized carbons (Fsp3) is 0.154. The molecule has 1 aromatic carbocycles. The highest BCUT2D eigenvalue weighted by atomic mass is 79.9. The molecule has 4 nitrogen and oxygen atoms in total. The van der Waals surface area contributed by atoms with E-state index in [0.29, 0.717) is 17.0 Å². The minimum atomic E-state index is 0.282. The van der Waals surface area contributed by atoms with Gasteiger partial charge >= 0.3 is 0 Å². The second-order valence-electron chi connectivity index (χ2n) is 3.70. The van der Waals surface area contributed by atoms with E-state index in [9.17, 15) is 5.11 Å². The monoisotopic (exact) mass is 308 g/mol. The van der Waals surface area contributed by atoms with Gasteiger partial charge in [-0.1, -0.05) is 18.2 Å². The van der Waals surface area contributed by atoms with E-state index in [4.69, 9.17) is 4.74 Å². The van der Waals surface area contributed by atoms with Gasteiger partial charge in [-0.05, 0) is 28.1 Å². The summed E-state index contributed by atoms with van der Waals surface area (Å²) in [6.07, 6.45) is 0. The molecule has 0 aliphatic rings. The van der Waals surface area contributed by atoms with Crippen LogP contribution < -0.4 is 10.1 Å². The van der Waals surface area contributed by atoms with E-state index in [2.05, 4.69) is 26.2 Å². The van der Waals surface area contributed by atoms with Gasteiger partial charge in [-0.2, -0.15) is 0 Å². The summed E-state index contributed by atoms with van der Waals surface area (Å²) < 4.78 is 5.78. The minimum Gasteiger partial charge on any atom is -0.508 e. The van der Waals surface area contributed by atoms with Gasteiger partial charge in [-0.25, -0.2) is 4.98 Å². The fourth-order valence-corrected chi connectivity index (χ4v) is 1.96. The van der Waals surface area contributed by atoms with E-state index >= 15 is 0 Å². The normalized spacial score (nSPS) is 10.1. The molecule has 0 bridgehead atoms. The maximum absolute atomic E-state index is 9.66. The number of rotatable bonds is 4. The van der Waals surface area contributed by atoms with Crippen molar-refractivity contribution in [2.75, 3.05) is 12.4 Å². The highest BCUT2D eigenvalue weighted by Crippen LogP contribution is 2.22. The van der Waals surface area contributed by atoms with Crippen molar-refractivity contribution in [3.8, 4) is 11.6 Å². The zero-order valence-corrected chi connectivity index (χ0v) is 11.4. The molecule has 0 saturated heterocycles. The number of nitrogens with zero attached hydrogens (tertiary/aromatic N) is 1. The summed E-state index contributed by atoms with van der Waals surface area (Å²) in [4.78, 5) is 4.13. The average molecular weight is 309 g/mol. The Labute approximate surface area is 114 Å². The number of nitrogens with one attached hydrogen (secondary N) is 1. The summed E-state index contributed by atoms with van der Waals surface area (Å²) in [6.45, 7) is 0.534. The number of hydrogen-bond donors (Lipinski definition) is 2. The number of pyridine rings is 1. The molecule has 2 rings (SSSR count). The lowest BCUT2D eigenvalue weighted by atomic mass is 10.2. The minimum absolute atomic E-state index is 0.282. The van der Waals surface area contributed by atoms with Crippen LogP contribution in [0.3, 0.4) is 0 Å². The Kier molecular flexibility index (Phi) is 4.04. The Balaban J connectivity index is 2.11. The smallest absolute Gasteiger partial charge is 0.216 e. The van der Waals surface area contributed by atoms with Crippen LogP contribution in [0.25, 0.3) is 0 Å². The van der Waals surface area contributed by atoms with E-state index in [-0.39, 0.29) is 5.75 Å². The van der Waals surface area contributed by atoms with Crippen LogP contribution in [0, 0.1) is 0 Å². The third kappa shape index (κ3) is 3.13. The van der Waals surface area contributed by atoms with Crippen LogP contribution in [0.15, 0.2) is 41.0 Å². The SMILES string of the molecule is COc1cc(NCc2ccccc2O)cc(Br)n1. The Bertz CT molecular complexity index is 546. The number of ether oxygens (including phenoxy) is 1. The quantitative estimate of drug-likeness (QED) is 0.852. The molecule has 0 spiro atoms. The molecule has 0 aliphatic carbocycles. The van der Waals surface area contributed by atoms with E-state index in [1.165, 1.54) is 0 Å². The van der Waals surface area contributed by atoms with Gasteiger partial charge in [0.05, 0.1) is 7.11 Å². The Morgan fingerprint density at radius 1 is 1.33 bits per heavy atom. The maximum Gasteiger partial charge on any atom is 0.216 e. The first-order valence-electron chi connectivity index (χ1n) is 5.41. The van der Waals surface area contributed by atoms with Gasteiger partial charge in [0.2, 0.25) is 5.88 Å². The Hall–Kier alpha value is -1.75. The lowest BCUT2D eigenvalue weighted by molar-refractivity contribution is 0.397. The van der Waals surface area contributed by atoms with Gasteiger partial charge in [0, 0.05) is 23.9 Å². The van der Waals surface area contributed by atoms with Crippen LogP contribution in [0.5, 0.6) is 11.6 Å². The molecule has 2 aromatic rings. The first-order chi connectivity index (χ1) is 8.69. The van der Waals surface area contributed by atoms with E-state index < -0.39 is 0 Å². The average Bonchev–Trinajstić information content (AvgIpc) is 2.37. The molecule has 94 valence electrons. The van der Waals surface area contributed by atoms with E-state index in [1.54, 1.807) is 25.3 Å². The van der Waals surface area contributed by atoms with Crippen molar-refractivity contribution in [2.45, 2.75) is 6.54 Å². The molecule has 0 unspecified atom stereocenters. The number of aromatic nitrogens is 1. The van der Waals surface area contributed by atoms with E-state index in [0.717, 1.165) is 11.3 Å². The topological polar surface area (TPSA) is 54.4 Å². The van der Waals surface area contributed by atoms with Crippen LogP contribution in [0.2, 0.25) is 0 Å². The van der Waals surface area contributed by atoms with Crippen molar-refractivity contribution in [1.82, 2.24) is 4.98 Å². The highest BCUT2D eigenvalue weighted by molar-refractivity contribution is 9.10. The van der Waals surface area contributed by atoms with Crippen molar-refractivity contribution < 1.29 is 9.84 Å². The standard InChI is InChI=1S/C13H13BrN2O2/c1-18-13-7-10(6-12(14)16-13)15-8-9-4-2-3-5-11(9)17/h2-7,17H,8H2,1H3,(H,15,16). The van der Waals surface area contributed by atoms with Crippen molar-refractivity contribution in [3.63, 3.8) is 0 Å². The molecule has 0 amide bonds. The molecule has 2 N–H and O–H groups in total. The molecule has 18 heavy (non-hydrogen) atoms. The van der Waals surface area contributed by atoms with Crippen LogP contribution in [0.1, 0.15) is 5.56 Å². The molecule has 0 radical (unpaired) electrons. The molecule has 1 aromatic heterocycles. The lowest BCUT2D eigenvalue weighted by Gasteiger charge is -2.09. The number of anilines is 1. The number of phenolic OH excluding ortho intramolecular Hbond substituents is 1. The predicted octanol–water partition coefficient (Wildman–Crippen LogP) is 3.17. The third-order valence-corrected chi connectivity index (χ3v) is 2.86. The van der Waals surface area contributed by atoms with Crippen LogP contribution in [-0.2, 0) is 6.54 Å². The highest BCUT2D eigenvalue weighted by Gasteiger charge is 2.03. The number of hydrogen-bond acceptors (Lipinski definition) is 4. The summed E-state index contributed by atoms with van der Waals surface area (Å²) in [5.41, 5.74) is 1.71. The fourth-order valence-electron chi connectivity index (χ4n) is 1.54. The van der Waals surface area contributed by atoms with Crippen LogP contribution in [0.4, 0.5) is 5.69 Å². The van der Waals surface area contributed by atoms with Crippen LogP contribution in [-0.4, -0.2) is 17.2 Å². The van der Waals surface area contributed by atoms with Crippen molar-refractivity contribution in [1.29, 1.82) is 0 Å². The first-order valence-corrected chi connectivity index (χ1v) is 6.20. The largest absolute Gasteiger partial charge is 0.508 e. The second-order valence-corrected chi connectivity index (χ2v) is 4.52. The number of methoxy groups -OCH3 is 1. The van der Waals surface area contributed by atoms with Gasteiger partial charge in [0.15, 0.2) is 0 Å². The lowest BCUT2D eigenvalue weighted by Crippen LogP contribution is -2.00. The molecule has 5 heteroatoms. The second kappa shape index (κ2) is 5.73. The molecule has 0 aliphatic heterocycles. The predicted molar refractivity (Wildman–Crippen MR) is 73.9 cm³/mol. The van der Waals surface area contributed by atoms with Crippen molar-refractivity contribution >= 4 is 21.6 Å². The van der Waals surface area contributed by atoms with E-state index in [1.807, 2.05) is 18.2 Å². The Morgan fingerprint density at radius 3 is 2.83 bits per heavy atom. The number of benzene rings is 1. The number of para-hydroxylation sites is 1. The summed E-state index contributed by atoms with van der Waals surface area (Å²) in [5, 5.41) is 12.9. The molecule has 0 saturated carbocycles. The summed E-state index contributed by atoms with van der Waals surface area (Å²) in [7, 11) is 1.57. The zero-order valence-electron chi connectivity index (χ0n) is 9.85. The molecule has 0 fully saturated rings. The van der Waals surface area contributed by atoms with Gasteiger partial charge in [-0.3, -0.25) is 0 Å². The number of halogens is 1. The van der Waals surface area contributed by atoms with Gasteiger partial charge in [0.25, 0.3) is 0 Å². The number of aromatic hydroxyl groups is 1. The molecule has 0 atom stereocenters. The Morgan fingerprint density at radius 2 is 2.11 bits per heavy atom.